The number of fused-ring (bicyclic) bond motifs is 4. The molecular weight excluding hydrogens is 504 g/mol. The molecule has 38 heavy (non-hydrogen) atoms. The number of amides is 3. The van der Waals surface area contributed by atoms with E-state index < -0.39 is 6.04 Å². The van der Waals surface area contributed by atoms with E-state index in [1.807, 2.05) is 45.4 Å². The van der Waals surface area contributed by atoms with Crippen molar-refractivity contribution in [1.82, 2.24) is 30.5 Å². The Bertz CT molecular complexity index is 1090. The van der Waals surface area contributed by atoms with Crippen LogP contribution in [0, 0.1) is 12.8 Å². The van der Waals surface area contributed by atoms with Crippen LogP contribution in [-0.2, 0) is 22.7 Å². The van der Waals surface area contributed by atoms with E-state index in [9.17, 15) is 14.4 Å². The lowest BCUT2D eigenvalue weighted by Gasteiger charge is -2.23. The van der Waals surface area contributed by atoms with Crippen LogP contribution in [0.3, 0.4) is 0 Å². The molecule has 1 aliphatic rings. The molecule has 0 spiro atoms. The maximum atomic E-state index is 13.2. The Morgan fingerprint density at radius 2 is 2.05 bits per heavy atom. The molecule has 1 aliphatic heterocycles. The maximum Gasteiger partial charge on any atom is 0.252 e. The SMILES string of the molecule is CSCC[C@@H]1NC(=O)c2cc(ccc2C)OCCCn2cc(nn2)CN(C(=O)CC(C)C)CCCNC1=O. The standard InChI is InChI=1S/C27H40N6O4S/c1-19(2)15-25(34)32-11-5-10-28-27(36)24(9-14-38-4)29-26(35)23-16-22(8-7-20(23)3)37-13-6-12-33-18-21(17-32)30-31-33/h7-8,16,18-19,24H,5-6,9-15,17H2,1-4H3,(H,28,36)(H,29,35)/t24-/m0/s1. The molecule has 1 atom stereocenters. The first kappa shape index (κ1) is 29.5. The van der Waals surface area contributed by atoms with Crippen molar-refractivity contribution in [3.8, 4) is 5.75 Å². The van der Waals surface area contributed by atoms with Crippen molar-refractivity contribution in [3.05, 3.63) is 41.2 Å². The van der Waals surface area contributed by atoms with Crippen molar-refractivity contribution in [2.24, 2.45) is 5.92 Å². The summed E-state index contributed by atoms with van der Waals surface area (Å²) in [5.74, 6) is 1.09. The molecule has 0 unspecified atom stereocenters. The normalized spacial score (nSPS) is 17.9. The third kappa shape index (κ3) is 9.04. The van der Waals surface area contributed by atoms with Crippen LogP contribution >= 0.6 is 11.8 Å². The first-order chi connectivity index (χ1) is 18.3. The summed E-state index contributed by atoms with van der Waals surface area (Å²) in [5, 5.41) is 14.3. The van der Waals surface area contributed by atoms with Gasteiger partial charge in [0.25, 0.3) is 5.91 Å². The molecule has 1 aromatic carbocycles. The van der Waals surface area contributed by atoms with Gasteiger partial charge in [0, 0.05) is 38.0 Å². The number of carbonyl (C=O) groups is 3. The highest BCUT2D eigenvalue weighted by molar-refractivity contribution is 7.98. The Morgan fingerprint density at radius 1 is 1.24 bits per heavy atom. The van der Waals surface area contributed by atoms with E-state index >= 15 is 0 Å². The van der Waals surface area contributed by atoms with Gasteiger partial charge in [-0.1, -0.05) is 25.1 Å². The lowest BCUT2D eigenvalue weighted by molar-refractivity contribution is -0.132. The third-order valence-electron chi connectivity index (χ3n) is 6.26. The maximum absolute atomic E-state index is 13.2. The van der Waals surface area contributed by atoms with E-state index in [1.165, 1.54) is 0 Å². The first-order valence-electron chi connectivity index (χ1n) is 13.2. The first-order valence-corrected chi connectivity index (χ1v) is 14.6. The van der Waals surface area contributed by atoms with Gasteiger partial charge in [-0.2, -0.15) is 11.8 Å². The van der Waals surface area contributed by atoms with E-state index in [2.05, 4.69) is 20.9 Å². The van der Waals surface area contributed by atoms with Crippen LogP contribution in [0.15, 0.2) is 24.4 Å². The number of rotatable bonds is 5. The summed E-state index contributed by atoms with van der Waals surface area (Å²) < 4.78 is 7.66. The Morgan fingerprint density at radius 3 is 2.82 bits per heavy atom. The van der Waals surface area contributed by atoms with Crippen molar-refractivity contribution in [2.45, 2.75) is 65.6 Å². The van der Waals surface area contributed by atoms with Gasteiger partial charge < -0.3 is 20.3 Å². The molecular formula is C27H40N6O4S. The number of nitrogens with zero attached hydrogens (tertiary/aromatic N) is 4. The number of aromatic nitrogens is 3. The predicted molar refractivity (Wildman–Crippen MR) is 148 cm³/mol. The van der Waals surface area contributed by atoms with E-state index in [1.54, 1.807) is 27.4 Å². The lowest BCUT2D eigenvalue weighted by atomic mass is 10.1. The minimum Gasteiger partial charge on any atom is -0.494 e. The molecule has 0 radical (unpaired) electrons. The highest BCUT2D eigenvalue weighted by Crippen LogP contribution is 2.18. The average Bonchev–Trinajstić information content (AvgIpc) is 3.33. The van der Waals surface area contributed by atoms with Gasteiger partial charge in [-0.05, 0) is 55.4 Å². The monoisotopic (exact) mass is 544 g/mol. The Hall–Kier alpha value is -3.08. The highest BCUT2D eigenvalue weighted by atomic mass is 32.2. The zero-order valence-electron chi connectivity index (χ0n) is 22.9. The van der Waals surface area contributed by atoms with Crippen LogP contribution in [0.1, 0.15) is 61.1 Å². The summed E-state index contributed by atoms with van der Waals surface area (Å²) in [7, 11) is 0. The number of carbonyl (C=O) groups excluding carboxylic acids is 3. The van der Waals surface area contributed by atoms with E-state index in [0.29, 0.717) is 69.8 Å². The smallest absolute Gasteiger partial charge is 0.252 e. The van der Waals surface area contributed by atoms with Crippen LogP contribution in [-0.4, -0.2) is 75.4 Å². The number of aryl methyl sites for hydroxylation is 2. The molecule has 2 heterocycles. The molecule has 3 rings (SSSR count). The second-order valence-electron chi connectivity index (χ2n) is 10.0. The fraction of sp³-hybridized carbons (Fsp3) is 0.593. The van der Waals surface area contributed by atoms with Gasteiger partial charge in [-0.3, -0.25) is 19.1 Å². The number of nitrogens with one attached hydrogen (secondary N) is 2. The highest BCUT2D eigenvalue weighted by Gasteiger charge is 2.23. The molecule has 1 aromatic heterocycles. The molecule has 2 N–H and O–H groups in total. The number of hydrogen-bond acceptors (Lipinski definition) is 7. The summed E-state index contributed by atoms with van der Waals surface area (Å²) >= 11 is 1.62. The number of thioether (sulfide) groups is 1. The van der Waals surface area contributed by atoms with Gasteiger partial charge in [0.05, 0.1) is 19.3 Å². The molecule has 4 bridgehead atoms. The van der Waals surface area contributed by atoms with Gasteiger partial charge in [0.15, 0.2) is 0 Å². The summed E-state index contributed by atoms with van der Waals surface area (Å²) in [6, 6.07) is 4.76. The largest absolute Gasteiger partial charge is 0.494 e. The molecule has 11 heteroatoms. The third-order valence-corrected chi connectivity index (χ3v) is 6.91. The van der Waals surface area contributed by atoms with Crippen molar-refractivity contribution < 1.29 is 19.1 Å². The van der Waals surface area contributed by atoms with Gasteiger partial charge in [0.2, 0.25) is 11.8 Å². The van der Waals surface area contributed by atoms with Crippen molar-refractivity contribution >= 4 is 29.5 Å². The minimum absolute atomic E-state index is 0.0537. The molecule has 208 valence electrons. The predicted octanol–water partition coefficient (Wildman–Crippen LogP) is 2.80. The molecule has 3 amide bonds. The molecule has 0 aliphatic carbocycles. The number of benzene rings is 1. The number of hydrogen-bond donors (Lipinski definition) is 2. The summed E-state index contributed by atoms with van der Waals surface area (Å²) in [6.07, 6.45) is 6.08. The minimum atomic E-state index is -0.654. The Balaban J connectivity index is 1.80. The Labute approximate surface area is 229 Å². The van der Waals surface area contributed by atoms with E-state index in [4.69, 9.17) is 4.74 Å². The molecule has 2 aromatic rings. The van der Waals surface area contributed by atoms with Crippen molar-refractivity contribution in [2.75, 3.05) is 31.7 Å². The van der Waals surface area contributed by atoms with Crippen LogP contribution in [0.5, 0.6) is 5.75 Å². The lowest BCUT2D eigenvalue weighted by Crippen LogP contribution is -2.47. The second kappa shape index (κ2) is 14.8. The van der Waals surface area contributed by atoms with Crippen LogP contribution in [0.25, 0.3) is 0 Å². The fourth-order valence-electron chi connectivity index (χ4n) is 4.18. The van der Waals surface area contributed by atoms with Gasteiger partial charge in [0.1, 0.15) is 17.5 Å². The topological polar surface area (TPSA) is 118 Å². The quantitative estimate of drug-likeness (QED) is 0.594. The fourth-order valence-corrected chi connectivity index (χ4v) is 4.65. The van der Waals surface area contributed by atoms with E-state index in [-0.39, 0.29) is 23.6 Å². The number of ether oxygens (including phenoxy) is 1. The molecule has 0 fully saturated rings. The molecule has 10 nitrogen and oxygen atoms in total. The van der Waals surface area contributed by atoms with Crippen LogP contribution in [0.2, 0.25) is 0 Å². The summed E-state index contributed by atoms with van der Waals surface area (Å²) in [6.45, 7) is 8.21. The molecule has 0 saturated carbocycles. The Kier molecular flexibility index (Phi) is 11.4. The van der Waals surface area contributed by atoms with Crippen LogP contribution < -0.4 is 15.4 Å². The second-order valence-corrected chi connectivity index (χ2v) is 11.0. The van der Waals surface area contributed by atoms with E-state index in [0.717, 1.165) is 17.0 Å². The van der Waals surface area contributed by atoms with Crippen molar-refractivity contribution in [3.63, 3.8) is 0 Å². The van der Waals surface area contributed by atoms with Crippen molar-refractivity contribution in [1.29, 1.82) is 0 Å². The molecule has 0 saturated heterocycles. The van der Waals surface area contributed by atoms with Gasteiger partial charge in [-0.15, -0.1) is 5.10 Å². The van der Waals surface area contributed by atoms with Gasteiger partial charge in [-0.25, -0.2) is 0 Å². The average molecular weight is 545 g/mol. The summed E-state index contributed by atoms with van der Waals surface area (Å²) in [4.78, 5) is 40.9. The van der Waals surface area contributed by atoms with Crippen LogP contribution in [0.4, 0.5) is 0 Å². The van der Waals surface area contributed by atoms with Gasteiger partial charge >= 0.3 is 0 Å². The zero-order valence-corrected chi connectivity index (χ0v) is 23.7. The summed E-state index contributed by atoms with van der Waals surface area (Å²) in [5.41, 5.74) is 2.02. The zero-order chi connectivity index (χ0) is 27.5.